The van der Waals surface area contributed by atoms with Crippen molar-refractivity contribution in [3.05, 3.63) is 42.4 Å². The van der Waals surface area contributed by atoms with E-state index in [2.05, 4.69) is 71.6 Å². The third kappa shape index (κ3) is 5.66. The number of fused-ring (bicyclic) bond motifs is 1. The first-order valence-corrected chi connectivity index (χ1v) is 15.7. The minimum atomic E-state index is -1.58. The molecule has 8 heteroatoms. The molecule has 0 aromatic rings. The van der Waals surface area contributed by atoms with Crippen molar-refractivity contribution in [1.29, 1.82) is 0 Å². The summed E-state index contributed by atoms with van der Waals surface area (Å²) in [4.78, 5) is 2.46. The van der Waals surface area contributed by atoms with E-state index in [4.69, 9.17) is 18.6 Å². The van der Waals surface area contributed by atoms with Gasteiger partial charge in [-0.2, -0.15) is 0 Å². The Morgan fingerprint density at radius 3 is 2.24 bits per heavy atom. The molecule has 0 N–H and O–H groups in total. The van der Waals surface area contributed by atoms with E-state index in [0.717, 1.165) is 24.8 Å². The summed E-state index contributed by atoms with van der Waals surface area (Å²) in [6.07, 6.45) is 10.7. The van der Waals surface area contributed by atoms with E-state index in [1.54, 1.807) is 0 Å². The number of halogens is 2. The van der Waals surface area contributed by atoms with Crippen molar-refractivity contribution in [3.8, 4) is 0 Å². The Hall–Kier alpha value is 0.831. The fourth-order valence-corrected chi connectivity index (χ4v) is 8.50. The van der Waals surface area contributed by atoms with Gasteiger partial charge in [-0.25, -0.2) is 0 Å². The van der Waals surface area contributed by atoms with Gasteiger partial charge in [-0.15, -0.1) is 13.3 Å². The molecule has 0 bridgehead atoms. The van der Waals surface area contributed by atoms with E-state index in [9.17, 15) is 0 Å². The molecule has 1 heterocycles. The molecule has 1 aliphatic heterocycles. The normalized spacial score (nSPS) is 32.1. The zero-order chi connectivity index (χ0) is 17.7. The third-order valence-corrected chi connectivity index (χ3v) is 9.99. The molecule has 4 atom stereocenters. The predicted molar refractivity (Wildman–Crippen MR) is 110 cm³/mol. The van der Waals surface area contributed by atoms with Crippen LogP contribution in [-0.4, -0.2) is 57.8 Å². The molecule has 140 valence electrons. The van der Waals surface area contributed by atoms with Crippen molar-refractivity contribution < 1.29 is 17.0 Å². The Labute approximate surface area is 172 Å². The zero-order valence-corrected chi connectivity index (χ0v) is 20.1. The van der Waals surface area contributed by atoms with Crippen LogP contribution in [0.5, 0.6) is 0 Å². The third-order valence-electron chi connectivity index (χ3n) is 5.68. The van der Waals surface area contributed by atoms with Gasteiger partial charge in [0.05, 0.1) is 0 Å². The number of allylic oxidation sites excluding steroid dienone is 4. The second kappa shape index (κ2) is 11.0. The standard InChI is InChI=1S/C16H28N4Si.CH3.2ClH.Ti/c1-19(2)15-9-13-7-5-6-8-14(13)16(15)21(3,4)20-11-17-10-18-12-20;;;;/h5-8,13-16H,9-12H2,1-4H3;1H3;2*1H;/q-2;-1;;;+6/p-2. The van der Waals surface area contributed by atoms with Crippen LogP contribution in [0.4, 0.5) is 0 Å². The first-order valence-electron chi connectivity index (χ1n) is 8.42. The summed E-state index contributed by atoms with van der Waals surface area (Å²) in [6, 6.07) is 0.677. The topological polar surface area (TPSA) is 34.7 Å². The van der Waals surface area contributed by atoms with Crippen LogP contribution in [0.2, 0.25) is 18.6 Å². The van der Waals surface area contributed by atoms with E-state index < -0.39 is 25.3 Å². The fourth-order valence-electron chi connectivity index (χ4n) is 4.47. The van der Waals surface area contributed by atoms with Gasteiger partial charge in [0.25, 0.3) is 0 Å². The molecule has 2 fully saturated rings. The Morgan fingerprint density at radius 1 is 1.12 bits per heavy atom. The Balaban J connectivity index is 0.000000730. The summed E-state index contributed by atoms with van der Waals surface area (Å²) in [7, 11) is 12.7. The average Bonchev–Trinajstić information content (AvgIpc) is 2.97. The van der Waals surface area contributed by atoms with E-state index in [0.29, 0.717) is 18.6 Å². The van der Waals surface area contributed by atoms with Crippen LogP contribution in [0.15, 0.2) is 24.3 Å². The Morgan fingerprint density at radius 2 is 1.68 bits per heavy atom. The zero-order valence-electron chi connectivity index (χ0n) is 16.0. The molecule has 3 aliphatic rings. The van der Waals surface area contributed by atoms with Gasteiger partial charge in [0.2, 0.25) is 0 Å². The summed E-state index contributed by atoms with van der Waals surface area (Å²) < 4.78 is 2.59. The van der Waals surface area contributed by atoms with Crippen LogP contribution in [0.1, 0.15) is 6.42 Å². The molecule has 0 aromatic carbocycles. The van der Waals surface area contributed by atoms with E-state index in [-0.39, 0.29) is 7.43 Å². The monoisotopic (exact) mass is 437 g/mol. The molecular formula is C17H31Cl2N4SiTi+. The number of hydrogen-bond acceptors (Lipinski definition) is 2. The van der Waals surface area contributed by atoms with Crippen LogP contribution in [0.25, 0.3) is 10.6 Å². The SMILES string of the molecule is CN(C)C1CC2C=CC=CC2C1[Si](C)(C)N1C[N-]C[N-]C1.[CH3-].[Cl][Ti+4][Cl]. The van der Waals surface area contributed by atoms with Crippen molar-refractivity contribution in [1.82, 2.24) is 9.47 Å². The van der Waals surface area contributed by atoms with Gasteiger partial charge in [0, 0.05) is 6.04 Å². The van der Waals surface area contributed by atoms with Gasteiger partial charge < -0.3 is 27.5 Å². The van der Waals surface area contributed by atoms with Gasteiger partial charge >= 0.3 is 35.6 Å². The van der Waals surface area contributed by atoms with Crippen LogP contribution < -0.4 is 0 Å². The molecular weight excluding hydrogens is 407 g/mol. The van der Waals surface area contributed by atoms with Gasteiger partial charge in [0.15, 0.2) is 0 Å². The Kier molecular flexibility index (Phi) is 10.5. The number of rotatable bonds is 3. The fraction of sp³-hybridized carbons (Fsp3) is 0.706. The number of hydrogen-bond donors (Lipinski definition) is 0. The molecule has 0 radical (unpaired) electrons. The Bertz CT molecular complexity index is 456. The van der Waals surface area contributed by atoms with Crippen molar-refractivity contribution in [3.63, 3.8) is 0 Å². The van der Waals surface area contributed by atoms with Crippen LogP contribution in [0, 0.1) is 19.3 Å². The molecule has 3 rings (SSSR count). The van der Waals surface area contributed by atoms with E-state index in [1.807, 2.05) is 0 Å². The molecule has 0 spiro atoms. The number of nitrogens with zero attached hydrogens (tertiary/aromatic N) is 4. The van der Waals surface area contributed by atoms with Gasteiger partial charge in [-0.05, 0) is 37.9 Å². The van der Waals surface area contributed by atoms with Gasteiger partial charge in [-0.1, -0.05) is 37.4 Å². The summed E-state index contributed by atoms with van der Waals surface area (Å²) >= 11 is -0.556. The molecule has 0 aromatic heterocycles. The molecule has 1 saturated heterocycles. The molecule has 4 unspecified atom stereocenters. The summed E-state index contributed by atoms with van der Waals surface area (Å²) in [5.74, 6) is 1.42. The van der Waals surface area contributed by atoms with Crippen molar-refractivity contribution in [2.45, 2.75) is 31.1 Å². The first-order chi connectivity index (χ1) is 11.4. The maximum absolute atomic E-state index is 4.89. The summed E-state index contributed by atoms with van der Waals surface area (Å²) in [5, 5.41) is 9.04. The minimum absolute atomic E-state index is 0. The van der Waals surface area contributed by atoms with Crippen molar-refractivity contribution >= 4 is 26.8 Å². The molecule has 4 nitrogen and oxygen atoms in total. The molecule has 0 amide bonds. The van der Waals surface area contributed by atoms with Crippen LogP contribution >= 0.6 is 18.6 Å². The molecule has 25 heavy (non-hydrogen) atoms. The molecule has 2 aliphatic carbocycles. The second-order valence-electron chi connectivity index (χ2n) is 7.44. The predicted octanol–water partition coefficient (Wildman–Crippen LogP) is 5.02. The second-order valence-corrected chi connectivity index (χ2v) is 14.6. The molecule has 1 saturated carbocycles. The van der Waals surface area contributed by atoms with Crippen LogP contribution in [0.3, 0.4) is 0 Å². The quantitative estimate of drug-likeness (QED) is 0.459. The summed E-state index contributed by atoms with van der Waals surface area (Å²) in [5.41, 5.74) is 0.752. The summed E-state index contributed by atoms with van der Waals surface area (Å²) in [6.45, 7) is 7.52. The first kappa shape index (κ1) is 23.9. The van der Waals surface area contributed by atoms with E-state index >= 15 is 0 Å². The van der Waals surface area contributed by atoms with Crippen LogP contribution in [-0.2, 0) is 17.0 Å². The van der Waals surface area contributed by atoms with Gasteiger partial charge in [-0.3, -0.25) is 6.67 Å². The van der Waals surface area contributed by atoms with Gasteiger partial charge in [0.1, 0.15) is 8.24 Å². The maximum atomic E-state index is 4.89. The van der Waals surface area contributed by atoms with E-state index in [1.165, 1.54) is 6.42 Å². The average molecular weight is 438 g/mol. The van der Waals surface area contributed by atoms with Crippen molar-refractivity contribution in [2.75, 3.05) is 34.1 Å². The van der Waals surface area contributed by atoms with Crippen molar-refractivity contribution in [2.24, 2.45) is 11.8 Å².